The molecule has 0 unspecified atom stereocenters. The number of rotatable bonds is 16. The van der Waals surface area contributed by atoms with Crippen molar-refractivity contribution in [2.75, 3.05) is 26.3 Å². The van der Waals surface area contributed by atoms with Gasteiger partial charge >= 0.3 is 12.2 Å². The molecule has 0 radical (unpaired) electrons. The minimum Gasteiger partial charge on any atom is -0.484 e. The van der Waals surface area contributed by atoms with E-state index in [1.165, 1.54) is 13.0 Å². The molecule has 0 aromatic heterocycles. The molecule has 0 atom stereocenters. The lowest BCUT2D eigenvalue weighted by Gasteiger charge is -2.29. The fraction of sp³-hybridized carbons (Fsp3) is 0.370. The van der Waals surface area contributed by atoms with Gasteiger partial charge in [0.2, 0.25) is 0 Å². The van der Waals surface area contributed by atoms with Crippen LogP contribution >= 0.6 is 46.4 Å². The van der Waals surface area contributed by atoms with E-state index in [2.05, 4.69) is 21.3 Å². The normalized spacial score (nSPS) is 18.3. The van der Waals surface area contributed by atoms with Gasteiger partial charge in [-0.25, -0.2) is 9.59 Å². The number of halogens is 4. The van der Waals surface area contributed by atoms with Crippen LogP contribution in [0.5, 0.6) is 23.0 Å². The Morgan fingerprint density at radius 1 is 0.540 bits per heavy atom. The summed E-state index contributed by atoms with van der Waals surface area (Å²) in [4.78, 5) is 63.2. The molecule has 6 rings (SSSR count). The Labute approximate surface area is 385 Å². The number of carbonyl (C=O) groups excluding carboxylic acids is 5. The molecular weight excluding hydrogens is 894 g/mol. The second-order valence-electron chi connectivity index (χ2n) is 15.6. The Bertz CT molecular complexity index is 2250. The molecule has 4 N–H and O–H groups in total. The maximum Gasteiger partial charge on any atom is 0.412 e. The van der Waals surface area contributed by atoms with Gasteiger partial charge in [0, 0.05) is 56.9 Å². The first kappa shape index (κ1) is 47.3. The summed E-state index contributed by atoms with van der Waals surface area (Å²) in [5.41, 5.74) is 0.889. The highest BCUT2D eigenvalue weighted by atomic mass is 35.5. The number of amides is 4. The minimum atomic E-state index is -0.645. The predicted molar refractivity (Wildman–Crippen MR) is 242 cm³/mol. The molecular formula is C46H48Cl4N4O9. The molecule has 13 nitrogen and oxygen atoms in total. The second-order valence-corrected chi connectivity index (χ2v) is 17.3. The number of nitrogens with one attached hydrogen (secondary N) is 4. The largest absolute Gasteiger partial charge is 0.484 e. The quantitative estimate of drug-likeness (QED) is 0.0799. The van der Waals surface area contributed by atoms with E-state index < -0.39 is 12.2 Å². The molecule has 17 heteroatoms. The standard InChI is InChI=1S/C46H48Cl4N4O9/c1-27(55)38-21-37(61-26-43(57)54-33-12-10-32(11-13-33)53-42(56)25-60-34-14-6-30(47)7-15-34)22-40(44(38)50)39-20-36(18-19-41(39)49)63-46(59)52-24-29-4-2-28(3-5-29)23-51-45(58)62-35-16-8-31(48)9-17-35/h6-9,14-22,28-29,32-33H,2-5,10-13,23-26H2,1H3,(H,51,58)(H,52,59)(H,53,56)(H,54,57). The molecule has 2 aliphatic rings. The van der Waals surface area contributed by atoms with E-state index in [1.54, 1.807) is 72.8 Å². The van der Waals surface area contributed by atoms with Gasteiger partial charge < -0.3 is 40.2 Å². The van der Waals surface area contributed by atoms with Crippen LogP contribution in [-0.2, 0) is 9.59 Å². The van der Waals surface area contributed by atoms with Crippen molar-refractivity contribution in [3.05, 3.63) is 105 Å². The summed E-state index contributed by atoms with van der Waals surface area (Å²) in [5.74, 6) is 0.992. The summed E-state index contributed by atoms with van der Waals surface area (Å²) >= 11 is 25.1. The molecule has 4 amide bonds. The van der Waals surface area contributed by atoms with Crippen LogP contribution in [0, 0.1) is 11.8 Å². The zero-order valence-corrected chi connectivity index (χ0v) is 37.5. The Hall–Kier alpha value is -5.21. The van der Waals surface area contributed by atoms with E-state index in [-0.39, 0.29) is 75.9 Å². The van der Waals surface area contributed by atoms with Gasteiger partial charge in [0.25, 0.3) is 11.8 Å². The number of Topliss-reactive ketones (excluding diaryl/α,β-unsaturated/α-hetero) is 1. The van der Waals surface area contributed by atoms with Gasteiger partial charge in [-0.15, -0.1) is 0 Å². The summed E-state index contributed by atoms with van der Waals surface area (Å²) in [5, 5.41) is 13.2. The smallest absolute Gasteiger partial charge is 0.412 e. The third-order valence-corrected chi connectivity index (χ3v) is 12.2. The van der Waals surface area contributed by atoms with E-state index in [9.17, 15) is 24.0 Å². The zero-order chi connectivity index (χ0) is 44.9. The van der Waals surface area contributed by atoms with Crippen molar-refractivity contribution < 1.29 is 42.9 Å². The summed E-state index contributed by atoms with van der Waals surface area (Å²) < 4.78 is 22.3. The first-order valence-corrected chi connectivity index (χ1v) is 22.2. The number of hydrogen-bond acceptors (Lipinski definition) is 9. The fourth-order valence-corrected chi connectivity index (χ4v) is 8.36. The molecule has 0 bridgehead atoms. The minimum absolute atomic E-state index is 0.0351. The Morgan fingerprint density at radius 3 is 1.49 bits per heavy atom. The van der Waals surface area contributed by atoms with Gasteiger partial charge in [0.15, 0.2) is 19.0 Å². The molecule has 4 aromatic carbocycles. The van der Waals surface area contributed by atoms with Crippen molar-refractivity contribution >= 4 is 76.2 Å². The van der Waals surface area contributed by atoms with Gasteiger partial charge in [0.05, 0.1) is 5.02 Å². The van der Waals surface area contributed by atoms with Crippen molar-refractivity contribution in [3.8, 4) is 34.1 Å². The van der Waals surface area contributed by atoms with Crippen LogP contribution in [0.1, 0.15) is 68.6 Å². The lowest BCUT2D eigenvalue weighted by molar-refractivity contribution is -0.125. The average Bonchev–Trinajstić information content (AvgIpc) is 3.27. The molecule has 2 saturated carbocycles. The van der Waals surface area contributed by atoms with Crippen molar-refractivity contribution in [3.63, 3.8) is 0 Å². The Morgan fingerprint density at radius 2 is 0.984 bits per heavy atom. The van der Waals surface area contributed by atoms with Gasteiger partial charge in [-0.05, 0) is 149 Å². The molecule has 2 aliphatic carbocycles. The van der Waals surface area contributed by atoms with Gasteiger partial charge in [-0.1, -0.05) is 46.4 Å². The Balaban J connectivity index is 0.944. The van der Waals surface area contributed by atoms with E-state index in [4.69, 9.17) is 65.4 Å². The lowest BCUT2D eigenvalue weighted by atomic mass is 9.82. The molecule has 2 fully saturated rings. The highest BCUT2D eigenvalue weighted by molar-refractivity contribution is 6.38. The molecule has 0 spiro atoms. The van der Waals surface area contributed by atoms with Crippen LogP contribution in [-0.4, -0.2) is 68.2 Å². The number of ketones is 1. The number of hydrogen-bond donors (Lipinski definition) is 4. The van der Waals surface area contributed by atoms with E-state index in [1.807, 2.05) is 0 Å². The highest BCUT2D eigenvalue weighted by Crippen LogP contribution is 2.40. The van der Waals surface area contributed by atoms with Gasteiger partial charge in [-0.2, -0.15) is 0 Å². The van der Waals surface area contributed by atoms with Crippen LogP contribution in [0.4, 0.5) is 9.59 Å². The van der Waals surface area contributed by atoms with Gasteiger partial charge in [0.1, 0.15) is 23.0 Å². The molecule has 0 aliphatic heterocycles. The van der Waals surface area contributed by atoms with Crippen molar-refractivity contribution in [1.82, 2.24) is 21.3 Å². The fourth-order valence-electron chi connectivity index (χ4n) is 7.54. The van der Waals surface area contributed by atoms with Crippen LogP contribution in [0.25, 0.3) is 11.1 Å². The lowest BCUT2D eigenvalue weighted by Crippen LogP contribution is -2.45. The first-order valence-electron chi connectivity index (χ1n) is 20.7. The first-order chi connectivity index (χ1) is 30.3. The second kappa shape index (κ2) is 22.9. The number of benzene rings is 4. The maximum absolute atomic E-state index is 13.0. The van der Waals surface area contributed by atoms with Crippen LogP contribution in [0.15, 0.2) is 78.9 Å². The van der Waals surface area contributed by atoms with Crippen LogP contribution in [0.2, 0.25) is 20.1 Å². The van der Waals surface area contributed by atoms with Crippen LogP contribution < -0.4 is 40.2 Å². The summed E-state index contributed by atoms with van der Waals surface area (Å²) in [6.07, 6.45) is 5.02. The Kier molecular flexibility index (Phi) is 17.2. The molecule has 0 heterocycles. The average molecular weight is 943 g/mol. The third-order valence-electron chi connectivity index (χ3n) is 10.9. The topological polar surface area (TPSA) is 170 Å². The predicted octanol–water partition coefficient (Wildman–Crippen LogP) is 9.85. The molecule has 4 aromatic rings. The molecule has 334 valence electrons. The van der Waals surface area contributed by atoms with Crippen molar-refractivity contribution in [1.29, 1.82) is 0 Å². The summed E-state index contributed by atoms with van der Waals surface area (Å²) in [6.45, 7) is 1.83. The van der Waals surface area contributed by atoms with E-state index in [0.717, 1.165) is 25.7 Å². The summed E-state index contributed by atoms with van der Waals surface area (Å²) in [6, 6.07) is 20.9. The number of carbonyl (C=O) groups is 5. The van der Waals surface area contributed by atoms with Crippen LogP contribution in [0.3, 0.4) is 0 Å². The zero-order valence-electron chi connectivity index (χ0n) is 34.5. The molecule has 63 heavy (non-hydrogen) atoms. The van der Waals surface area contributed by atoms with E-state index in [0.29, 0.717) is 77.4 Å². The van der Waals surface area contributed by atoms with Crippen molar-refractivity contribution in [2.24, 2.45) is 11.8 Å². The van der Waals surface area contributed by atoms with E-state index >= 15 is 0 Å². The summed E-state index contributed by atoms with van der Waals surface area (Å²) in [7, 11) is 0. The SMILES string of the molecule is CC(=O)c1cc(OCC(=O)NC2CCC(NC(=O)COc3ccc(Cl)cc3)CC2)cc(-c2cc(OC(=O)NCC3CCC(CNC(=O)Oc4ccc(Cl)cc4)CC3)ccc2Cl)c1Cl. The third kappa shape index (κ3) is 14.7. The maximum atomic E-state index is 13.0. The number of ether oxygens (including phenoxy) is 4. The van der Waals surface area contributed by atoms with Gasteiger partial charge in [-0.3, -0.25) is 14.4 Å². The monoisotopic (exact) mass is 940 g/mol. The highest BCUT2D eigenvalue weighted by Gasteiger charge is 2.26. The van der Waals surface area contributed by atoms with Crippen molar-refractivity contribution in [2.45, 2.75) is 70.4 Å². The molecule has 0 saturated heterocycles.